The summed E-state index contributed by atoms with van der Waals surface area (Å²) in [7, 11) is 0. The lowest BCUT2D eigenvalue weighted by Gasteiger charge is -2.03. The zero-order chi connectivity index (χ0) is 14.8. The molecule has 1 heterocycles. The summed E-state index contributed by atoms with van der Waals surface area (Å²) in [4.78, 5) is 1.21. The molecular formula is C14H9ClF2N4. The quantitative estimate of drug-likeness (QED) is 0.745. The molecule has 21 heavy (non-hydrogen) atoms. The lowest BCUT2D eigenvalue weighted by atomic mass is 10.2. The zero-order valence-corrected chi connectivity index (χ0v) is 11.4. The molecule has 0 saturated carbocycles. The summed E-state index contributed by atoms with van der Waals surface area (Å²) in [6.45, 7) is 0.0494. The van der Waals surface area contributed by atoms with Gasteiger partial charge in [-0.05, 0) is 29.5 Å². The van der Waals surface area contributed by atoms with Crippen molar-refractivity contribution < 1.29 is 8.78 Å². The van der Waals surface area contributed by atoms with Gasteiger partial charge in [-0.2, -0.15) is 4.80 Å². The molecule has 0 amide bonds. The van der Waals surface area contributed by atoms with Gasteiger partial charge in [0.2, 0.25) is 5.82 Å². The van der Waals surface area contributed by atoms with E-state index < -0.39 is 5.82 Å². The number of halogens is 3. The second kappa shape index (κ2) is 5.57. The van der Waals surface area contributed by atoms with Gasteiger partial charge in [-0.1, -0.05) is 29.8 Å². The van der Waals surface area contributed by atoms with Crippen LogP contribution in [-0.4, -0.2) is 20.2 Å². The highest BCUT2D eigenvalue weighted by Gasteiger charge is 2.11. The molecule has 0 unspecified atom stereocenters. The lowest BCUT2D eigenvalue weighted by molar-refractivity contribution is 0.539. The second-order valence-corrected chi connectivity index (χ2v) is 4.76. The van der Waals surface area contributed by atoms with Crippen LogP contribution in [0.5, 0.6) is 0 Å². The lowest BCUT2D eigenvalue weighted by Crippen LogP contribution is -2.06. The van der Waals surface area contributed by atoms with Gasteiger partial charge in [0.05, 0.1) is 6.54 Å². The van der Waals surface area contributed by atoms with Gasteiger partial charge in [-0.25, -0.2) is 8.78 Å². The first-order valence-corrected chi connectivity index (χ1v) is 6.48. The van der Waals surface area contributed by atoms with Crippen LogP contribution in [0.4, 0.5) is 8.78 Å². The molecule has 3 aromatic rings. The third-order valence-electron chi connectivity index (χ3n) is 2.90. The largest absolute Gasteiger partial charge is 0.207 e. The van der Waals surface area contributed by atoms with Gasteiger partial charge in [0, 0.05) is 16.1 Å². The summed E-state index contributed by atoms with van der Waals surface area (Å²) >= 11 is 5.95. The first-order chi connectivity index (χ1) is 10.1. The summed E-state index contributed by atoms with van der Waals surface area (Å²) < 4.78 is 26.9. The molecule has 0 bridgehead atoms. The van der Waals surface area contributed by atoms with E-state index in [0.29, 0.717) is 10.6 Å². The van der Waals surface area contributed by atoms with Crippen LogP contribution in [0.3, 0.4) is 0 Å². The molecule has 0 aliphatic carbocycles. The second-order valence-electron chi connectivity index (χ2n) is 4.35. The summed E-state index contributed by atoms with van der Waals surface area (Å²) in [5.41, 5.74) is 0.781. The summed E-state index contributed by atoms with van der Waals surface area (Å²) in [6, 6.07) is 10.3. The van der Waals surface area contributed by atoms with Crippen LogP contribution >= 0.6 is 11.6 Å². The zero-order valence-electron chi connectivity index (χ0n) is 10.7. The Kier molecular flexibility index (Phi) is 3.62. The summed E-state index contributed by atoms with van der Waals surface area (Å²) in [5.74, 6) is -0.560. The maximum Gasteiger partial charge on any atom is 0.205 e. The Hall–Kier alpha value is -2.34. The highest BCUT2D eigenvalue weighted by atomic mass is 35.5. The minimum absolute atomic E-state index is 0.0494. The van der Waals surface area contributed by atoms with Gasteiger partial charge in [0.15, 0.2) is 0 Å². The normalized spacial score (nSPS) is 10.8. The van der Waals surface area contributed by atoms with Crippen molar-refractivity contribution in [3.8, 4) is 11.4 Å². The predicted molar refractivity (Wildman–Crippen MR) is 73.7 cm³/mol. The minimum Gasteiger partial charge on any atom is -0.207 e. The maximum absolute atomic E-state index is 13.7. The van der Waals surface area contributed by atoms with E-state index in [1.807, 2.05) is 0 Å². The van der Waals surface area contributed by atoms with Gasteiger partial charge in [0.25, 0.3) is 0 Å². The van der Waals surface area contributed by atoms with Crippen LogP contribution in [0, 0.1) is 11.6 Å². The Morgan fingerprint density at radius 3 is 2.67 bits per heavy atom. The molecule has 1 aromatic heterocycles. The smallest absolute Gasteiger partial charge is 0.205 e. The van der Waals surface area contributed by atoms with Crippen molar-refractivity contribution in [3.63, 3.8) is 0 Å². The van der Waals surface area contributed by atoms with E-state index in [9.17, 15) is 8.78 Å². The molecule has 0 fully saturated rings. The van der Waals surface area contributed by atoms with Gasteiger partial charge in [-0.15, -0.1) is 10.2 Å². The van der Waals surface area contributed by atoms with Gasteiger partial charge in [0.1, 0.15) is 11.6 Å². The molecule has 0 aliphatic heterocycles. The Balaban J connectivity index is 1.89. The van der Waals surface area contributed by atoms with Crippen LogP contribution in [-0.2, 0) is 6.54 Å². The van der Waals surface area contributed by atoms with Crippen LogP contribution in [0.25, 0.3) is 11.4 Å². The Morgan fingerprint density at radius 1 is 1.10 bits per heavy atom. The number of tetrazole rings is 1. The van der Waals surface area contributed by atoms with E-state index in [-0.39, 0.29) is 23.7 Å². The van der Waals surface area contributed by atoms with Crippen molar-refractivity contribution in [3.05, 3.63) is 64.7 Å². The van der Waals surface area contributed by atoms with E-state index in [1.54, 1.807) is 18.2 Å². The van der Waals surface area contributed by atoms with Crippen LogP contribution in [0.2, 0.25) is 5.02 Å². The first-order valence-electron chi connectivity index (χ1n) is 6.10. The molecule has 0 radical (unpaired) electrons. The third-order valence-corrected chi connectivity index (χ3v) is 3.25. The molecule has 3 rings (SSSR count). The molecular weight excluding hydrogens is 298 g/mol. The number of hydrogen-bond acceptors (Lipinski definition) is 3. The standard InChI is InChI=1S/C14H9ClF2N4/c15-12-5-2-6-13(17)11(12)8-21-19-14(18-20-21)9-3-1-4-10(16)7-9/h1-7H,8H2. The Bertz CT molecular complexity index is 768. The van der Waals surface area contributed by atoms with E-state index >= 15 is 0 Å². The molecule has 0 N–H and O–H groups in total. The van der Waals surface area contributed by atoms with E-state index in [1.165, 1.54) is 29.1 Å². The number of hydrogen-bond donors (Lipinski definition) is 0. The Morgan fingerprint density at radius 2 is 1.90 bits per heavy atom. The van der Waals surface area contributed by atoms with Crippen molar-refractivity contribution in [2.24, 2.45) is 0 Å². The summed E-state index contributed by atoms with van der Waals surface area (Å²) in [5, 5.41) is 12.1. The topological polar surface area (TPSA) is 43.6 Å². The number of benzene rings is 2. The van der Waals surface area contributed by atoms with E-state index in [0.717, 1.165) is 0 Å². The third kappa shape index (κ3) is 2.90. The number of nitrogens with zero attached hydrogens (tertiary/aromatic N) is 4. The van der Waals surface area contributed by atoms with Crippen molar-refractivity contribution >= 4 is 11.6 Å². The fraction of sp³-hybridized carbons (Fsp3) is 0.0714. The Labute approximate surface area is 124 Å². The predicted octanol–water partition coefficient (Wildman–Crippen LogP) is 3.32. The number of rotatable bonds is 3. The molecule has 4 nitrogen and oxygen atoms in total. The minimum atomic E-state index is -0.438. The van der Waals surface area contributed by atoms with Crippen molar-refractivity contribution in [2.45, 2.75) is 6.54 Å². The highest BCUT2D eigenvalue weighted by Crippen LogP contribution is 2.20. The van der Waals surface area contributed by atoms with Gasteiger partial charge < -0.3 is 0 Å². The fourth-order valence-corrected chi connectivity index (χ4v) is 2.10. The van der Waals surface area contributed by atoms with Crippen molar-refractivity contribution in [1.82, 2.24) is 20.2 Å². The SMILES string of the molecule is Fc1cccc(-c2nnn(Cc3c(F)cccc3Cl)n2)c1. The van der Waals surface area contributed by atoms with Gasteiger partial charge in [-0.3, -0.25) is 0 Å². The monoisotopic (exact) mass is 306 g/mol. The van der Waals surface area contributed by atoms with Crippen molar-refractivity contribution in [2.75, 3.05) is 0 Å². The molecule has 7 heteroatoms. The van der Waals surface area contributed by atoms with Crippen LogP contribution < -0.4 is 0 Å². The molecule has 0 saturated heterocycles. The molecule has 0 atom stereocenters. The highest BCUT2D eigenvalue weighted by molar-refractivity contribution is 6.31. The molecule has 2 aromatic carbocycles. The molecule has 0 aliphatic rings. The van der Waals surface area contributed by atoms with Gasteiger partial charge >= 0.3 is 0 Å². The van der Waals surface area contributed by atoms with Crippen molar-refractivity contribution in [1.29, 1.82) is 0 Å². The average Bonchev–Trinajstić information content (AvgIpc) is 2.92. The van der Waals surface area contributed by atoms with E-state index in [2.05, 4.69) is 15.4 Å². The van der Waals surface area contributed by atoms with Crippen LogP contribution in [0.1, 0.15) is 5.56 Å². The fourth-order valence-electron chi connectivity index (χ4n) is 1.88. The molecule has 0 spiro atoms. The van der Waals surface area contributed by atoms with E-state index in [4.69, 9.17) is 11.6 Å². The average molecular weight is 307 g/mol. The maximum atomic E-state index is 13.7. The molecule has 106 valence electrons. The van der Waals surface area contributed by atoms with Crippen LogP contribution in [0.15, 0.2) is 42.5 Å². The first kappa shape index (κ1) is 13.6. The summed E-state index contributed by atoms with van der Waals surface area (Å²) in [6.07, 6.45) is 0. The number of aromatic nitrogens is 4.